The molecule has 1 fully saturated rings. The number of nitrogens with zero attached hydrogens (tertiary/aromatic N) is 3. The molecule has 1 aliphatic heterocycles. The Morgan fingerprint density at radius 2 is 1.64 bits per heavy atom. The molecule has 1 aromatic rings. The molecule has 0 atom stereocenters. The highest BCUT2D eigenvalue weighted by Gasteiger charge is 2.42. The molecule has 1 heterocycles. The lowest BCUT2D eigenvalue weighted by molar-refractivity contribution is -0.156. The summed E-state index contributed by atoms with van der Waals surface area (Å²) in [4.78, 5) is 32.1. The van der Waals surface area contributed by atoms with Gasteiger partial charge in [0.25, 0.3) is 0 Å². The van der Waals surface area contributed by atoms with Crippen LogP contribution in [0.15, 0.2) is 30.3 Å². The number of amides is 2. The number of hydrogen-bond acceptors (Lipinski definition) is 3. The van der Waals surface area contributed by atoms with Gasteiger partial charge in [0.1, 0.15) is 5.41 Å². The monoisotopic (exact) mass is 345 g/mol. The third-order valence-corrected chi connectivity index (χ3v) is 4.94. The molecule has 5 heteroatoms. The van der Waals surface area contributed by atoms with E-state index in [4.69, 9.17) is 0 Å². The van der Waals surface area contributed by atoms with Crippen molar-refractivity contribution in [2.75, 3.05) is 33.2 Å². The normalized spacial score (nSPS) is 16.2. The van der Waals surface area contributed by atoms with Gasteiger partial charge in [0.05, 0.1) is 0 Å². The number of carbonyl (C=O) groups excluding carboxylic acids is 2. The summed E-state index contributed by atoms with van der Waals surface area (Å²) >= 11 is 0. The fraction of sp³-hybridized carbons (Fsp3) is 0.600. The number of carbonyl (C=O) groups is 2. The quantitative estimate of drug-likeness (QED) is 0.769. The molecule has 2 rings (SSSR count). The van der Waals surface area contributed by atoms with Crippen LogP contribution in [0.1, 0.15) is 33.3 Å². The van der Waals surface area contributed by atoms with E-state index in [1.165, 1.54) is 0 Å². The second-order valence-corrected chi connectivity index (χ2v) is 7.73. The van der Waals surface area contributed by atoms with Crippen LogP contribution in [-0.4, -0.2) is 65.8 Å². The van der Waals surface area contributed by atoms with Crippen molar-refractivity contribution in [3.05, 3.63) is 35.9 Å². The van der Waals surface area contributed by atoms with Crippen molar-refractivity contribution < 1.29 is 9.59 Å². The second kappa shape index (κ2) is 8.00. The van der Waals surface area contributed by atoms with Gasteiger partial charge in [-0.3, -0.25) is 9.59 Å². The van der Waals surface area contributed by atoms with Gasteiger partial charge < -0.3 is 14.7 Å². The third-order valence-electron chi connectivity index (χ3n) is 4.94. The van der Waals surface area contributed by atoms with Crippen LogP contribution in [0.4, 0.5) is 0 Å². The van der Waals surface area contributed by atoms with Gasteiger partial charge in [0.2, 0.25) is 11.8 Å². The van der Waals surface area contributed by atoms with Crippen molar-refractivity contribution in [2.24, 2.45) is 5.41 Å². The summed E-state index contributed by atoms with van der Waals surface area (Å²) in [6.07, 6.45) is 0. The molecule has 1 saturated heterocycles. The first-order valence-electron chi connectivity index (χ1n) is 9.06. The minimum Gasteiger partial charge on any atom is -0.339 e. The predicted octanol–water partition coefficient (Wildman–Crippen LogP) is 2.22. The molecule has 25 heavy (non-hydrogen) atoms. The molecule has 5 nitrogen and oxygen atoms in total. The van der Waals surface area contributed by atoms with Gasteiger partial charge in [-0.25, -0.2) is 0 Å². The highest BCUT2D eigenvalue weighted by atomic mass is 16.2. The van der Waals surface area contributed by atoms with Crippen LogP contribution < -0.4 is 0 Å². The summed E-state index contributed by atoms with van der Waals surface area (Å²) in [6, 6.07) is 9.96. The highest BCUT2D eigenvalue weighted by molar-refractivity contribution is 6.04. The molecule has 0 bridgehead atoms. The second-order valence-electron chi connectivity index (χ2n) is 7.73. The lowest BCUT2D eigenvalue weighted by Gasteiger charge is -2.39. The summed E-state index contributed by atoms with van der Waals surface area (Å²) in [7, 11) is 2.05. The van der Waals surface area contributed by atoms with E-state index in [1.54, 1.807) is 13.8 Å². The first kappa shape index (κ1) is 19.4. The Kier molecular flexibility index (Phi) is 6.22. The van der Waals surface area contributed by atoms with Crippen LogP contribution in [0.25, 0.3) is 0 Å². The van der Waals surface area contributed by atoms with E-state index in [0.29, 0.717) is 19.6 Å². The van der Waals surface area contributed by atoms with Crippen LogP contribution in [0.5, 0.6) is 0 Å². The Hall–Kier alpha value is -1.88. The van der Waals surface area contributed by atoms with Gasteiger partial charge in [-0.1, -0.05) is 30.3 Å². The minimum absolute atomic E-state index is 0.0345. The third kappa shape index (κ3) is 4.60. The Bertz CT molecular complexity index is 590. The number of hydrogen-bond donors (Lipinski definition) is 0. The van der Waals surface area contributed by atoms with E-state index in [0.717, 1.165) is 18.7 Å². The highest BCUT2D eigenvalue weighted by Crippen LogP contribution is 2.25. The summed E-state index contributed by atoms with van der Waals surface area (Å²) in [6.45, 7) is 11.1. The fourth-order valence-electron chi connectivity index (χ4n) is 3.12. The fourth-order valence-corrected chi connectivity index (χ4v) is 3.12. The molecule has 0 N–H and O–H groups in total. The number of likely N-dealkylation sites (N-methyl/N-ethyl adjacent to an activating group) is 1. The lowest BCUT2D eigenvalue weighted by Crippen LogP contribution is -2.56. The molecule has 2 amide bonds. The molecular weight excluding hydrogens is 314 g/mol. The Balaban J connectivity index is 2.14. The summed E-state index contributed by atoms with van der Waals surface area (Å²) in [5.74, 6) is -0.167. The van der Waals surface area contributed by atoms with Crippen molar-refractivity contribution >= 4 is 11.8 Å². The molecular formula is C20H31N3O2. The molecule has 0 aliphatic carbocycles. The van der Waals surface area contributed by atoms with Gasteiger partial charge in [-0.15, -0.1) is 0 Å². The van der Waals surface area contributed by atoms with Crippen LogP contribution in [0.2, 0.25) is 0 Å². The van der Waals surface area contributed by atoms with E-state index in [9.17, 15) is 9.59 Å². The standard InChI is InChI=1S/C20H31N3O2/c1-16(2)23(15-17-9-7-6-8-10-17)19(25)20(3,4)18(24)22-13-11-21(5)12-14-22/h6-10,16H,11-15H2,1-5H3. The van der Waals surface area contributed by atoms with Crippen molar-refractivity contribution in [2.45, 2.75) is 40.3 Å². The Morgan fingerprint density at radius 1 is 1.08 bits per heavy atom. The molecule has 0 spiro atoms. The maximum absolute atomic E-state index is 13.2. The topological polar surface area (TPSA) is 43.9 Å². The molecule has 0 unspecified atom stereocenters. The van der Waals surface area contributed by atoms with E-state index in [-0.39, 0.29) is 17.9 Å². The van der Waals surface area contributed by atoms with E-state index >= 15 is 0 Å². The van der Waals surface area contributed by atoms with Crippen LogP contribution in [0, 0.1) is 5.41 Å². The smallest absolute Gasteiger partial charge is 0.238 e. The van der Waals surface area contributed by atoms with Crippen molar-refractivity contribution in [1.29, 1.82) is 0 Å². The zero-order valence-electron chi connectivity index (χ0n) is 16.2. The molecule has 0 radical (unpaired) electrons. The molecule has 1 aliphatic rings. The molecule has 0 saturated carbocycles. The summed E-state index contributed by atoms with van der Waals surface area (Å²) in [5, 5.41) is 0. The van der Waals surface area contributed by atoms with Crippen molar-refractivity contribution in [3.63, 3.8) is 0 Å². The average Bonchev–Trinajstić information content (AvgIpc) is 2.59. The van der Waals surface area contributed by atoms with Crippen molar-refractivity contribution in [3.8, 4) is 0 Å². The van der Waals surface area contributed by atoms with E-state index < -0.39 is 5.41 Å². The SMILES string of the molecule is CC(C)N(Cc1ccccc1)C(=O)C(C)(C)C(=O)N1CCN(C)CC1. The van der Waals surface area contributed by atoms with Gasteiger partial charge in [-0.2, -0.15) is 0 Å². The zero-order chi connectivity index (χ0) is 18.6. The van der Waals surface area contributed by atoms with E-state index in [2.05, 4.69) is 11.9 Å². The lowest BCUT2D eigenvalue weighted by atomic mass is 9.88. The summed E-state index contributed by atoms with van der Waals surface area (Å²) < 4.78 is 0. The summed E-state index contributed by atoms with van der Waals surface area (Å²) in [5.41, 5.74) is 0.0296. The van der Waals surface area contributed by atoms with Crippen molar-refractivity contribution in [1.82, 2.24) is 14.7 Å². The van der Waals surface area contributed by atoms with Gasteiger partial charge in [-0.05, 0) is 40.3 Å². The van der Waals surface area contributed by atoms with Crippen LogP contribution in [-0.2, 0) is 16.1 Å². The largest absolute Gasteiger partial charge is 0.339 e. The van der Waals surface area contributed by atoms with Gasteiger partial charge in [0, 0.05) is 38.8 Å². The predicted molar refractivity (Wildman–Crippen MR) is 100.0 cm³/mol. The zero-order valence-corrected chi connectivity index (χ0v) is 16.2. The Morgan fingerprint density at radius 3 is 2.16 bits per heavy atom. The maximum atomic E-state index is 13.2. The minimum atomic E-state index is -1.05. The Labute approximate surface area is 151 Å². The number of benzene rings is 1. The first-order valence-corrected chi connectivity index (χ1v) is 9.06. The van der Waals surface area contributed by atoms with Crippen LogP contribution >= 0.6 is 0 Å². The average molecular weight is 345 g/mol. The van der Waals surface area contributed by atoms with Gasteiger partial charge >= 0.3 is 0 Å². The molecule has 138 valence electrons. The molecule has 1 aromatic carbocycles. The molecule has 0 aromatic heterocycles. The first-order chi connectivity index (χ1) is 11.7. The van der Waals surface area contributed by atoms with Gasteiger partial charge in [0.15, 0.2) is 0 Å². The van der Waals surface area contributed by atoms with E-state index in [1.807, 2.05) is 54.0 Å². The number of piperazine rings is 1. The maximum Gasteiger partial charge on any atom is 0.238 e. The number of rotatable bonds is 5. The van der Waals surface area contributed by atoms with Crippen LogP contribution in [0.3, 0.4) is 0 Å².